The molecule has 0 spiro atoms. The Labute approximate surface area is 156 Å². The highest BCUT2D eigenvalue weighted by atomic mass is 35.5. The van der Waals surface area contributed by atoms with Crippen molar-refractivity contribution in [1.29, 1.82) is 0 Å². The third-order valence-electron chi connectivity index (χ3n) is 4.50. The van der Waals surface area contributed by atoms with Gasteiger partial charge in [-0.05, 0) is 55.5 Å². The maximum absolute atomic E-state index is 12.6. The average Bonchev–Trinajstić information content (AvgIpc) is 3.16. The Morgan fingerprint density at radius 1 is 1.28 bits per heavy atom. The number of benzene rings is 1. The zero-order valence-corrected chi connectivity index (χ0v) is 15.6. The number of likely N-dealkylation sites (tertiary alicyclic amines) is 1. The van der Waals surface area contributed by atoms with Gasteiger partial charge in [-0.3, -0.25) is 9.59 Å². The second-order valence-corrected chi connectivity index (χ2v) is 7.76. The van der Waals surface area contributed by atoms with Crippen LogP contribution < -0.4 is 5.32 Å². The highest BCUT2D eigenvalue weighted by Gasteiger charge is 2.29. The van der Waals surface area contributed by atoms with Gasteiger partial charge in [-0.2, -0.15) is 0 Å². The molecule has 1 N–H and O–H groups in total. The predicted octanol–water partition coefficient (Wildman–Crippen LogP) is 4.13. The minimum absolute atomic E-state index is 0.00477. The number of hydrogen-bond donors (Lipinski definition) is 1. The molecule has 0 bridgehead atoms. The van der Waals surface area contributed by atoms with Crippen LogP contribution in [-0.2, 0) is 4.79 Å². The fraction of sp³-hybridized carbons (Fsp3) is 0.368. The van der Waals surface area contributed by atoms with Crippen LogP contribution in [0.15, 0.2) is 41.8 Å². The van der Waals surface area contributed by atoms with Crippen LogP contribution in [-0.4, -0.2) is 29.8 Å². The van der Waals surface area contributed by atoms with Crippen LogP contribution in [0.4, 0.5) is 0 Å². The maximum Gasteiger partial charge on any atom is 0.253 e. The molecule has 4 nitrogen and oxygen atoms in total. The number of rotatable bonds is 4. The van der Waals surface area contributed by atoms with E-state index in [-0.39, 0.29) is 23.8 Å². The van der Waals surface area contributed by atoms with Gasteiger partial charge in [-0.1, -0.05) is 17.7 Å². The molecule has 0 aliphatic carbocycles. The van der Waals surface area contributed by atoms with Gasteiger partial charge in [-0.15, -0.1) is 11.3 Å². The Morgan fingerprint density at radius 2 is 2.04 bits per heavy atom. The number of carbonyl (C=O) groups excluding carboxylic acids is 2. The smallest absolute Gasteiger partial charge is 0.253 e. The summed E-state index contributed by atoms with van der Waals surface area (Å²) in [6, 6.07) is 10.9. The van der Waals surface area contributed by atoms with Crippen LogP contribution in [0.1, 0.15) is 41.0 Å². The Morgan fingerprint density at radius 3 is 2.72 bits per heavy atom. The van der Waals surface area contributed by atoms with Gasteiger partial charge >= 0.3 is 0 Å². The summed E-state index contributed by atoms with van der Waals surface area (Å²) in [5.41, 5.74) is 0.609. The van der Waals surface area contributed by atoms with E-state index in [0.717, 1.165) is 17.7 Å². The van der Waals surface area contributed by atoms with E-state index in [9.17, 15) is 9.59 Å². The highest BCUT2D eigenvalue weighted by molar-refractivity contribution is 7.10. The van der Waals surface area contributed by atoms with Gasteiger partial charge in [0.1, 0.15) is 0 Å². The number of nitrogens with one attached hydrogen (secondary N) is 1. The maximum atomic E-state index is 12.6. The molecule has 1 aliphatic rings. The molecule has 0 radical (unpaired) electrons. The Kier molecular flexibility index (Phi) is 5.76. The second kappa shape index (κ2) is 8.02. The molecular formula is C19H21ClN2O2S. The zero-order chi connectivity index (χ0) is 17.8. The van der Waals surface area contributed by atoms with E-state index >= 15 is 0 Å². The van der Waals surface area contributed by atoms with Crippen LogP contribution in [0.2, 0.25) is 5.02 Å². The predicted molar refractivity (Wildman–Crippen MR) is 101 cm³/mol. The summed E-state index contributed by atoms with van der Waals surface area (Å²) in [6.45, 7) is 3.14. The second-order valence-electron chi connectivity index (χ2n) is 6.34. The van der Waals surface area contributed by atoms with E-state index in [4.69, 9.17) is 11.6 Å². The normalized spacial score (nSPS) is 18.6. The van der Waals surface area contributed by atoms with Gasteiger partial charge in [0.15, 0.2) is 0 Å². The summed E-state index contributed by atoms with van der Waals surface area (Å²) >= 11 is 7.51. The summed E-state index contributed by atoms with van der Waals surface area (Å²) in [6.07, 6.45) is 1.65. The summed E-state index contributed by atoms with van der Waals surface area (Å²) in [7, 11) is 0. The zero-order valence-electron chi connectivity index (χ0n) is 14.1. The summed E-state index contributed by atoms with van der Waals surface area (Å²) in [5, 5.41) is 5.69. The molecule has 2 aromatic rings. The summed E-state index contributed by atoms with van der Waals surface area (Å²) < 4.78 is 0. The molecule has 2 amide bonds. The first-order valence-electron chi connectivity index (χ1n) is 8.43. The van der Waals surface area contributed by atoms with Crippen LogP contribution in [0.3, 0.4) is 0 Å². The molecule has 1 aromatic heterocycles. The van der Waals surface area contributed by atoms with E-state index in [1.165, 1.54) is 0 Å². The van der Waals surface area contributed by atoms with Crippen molar-refractivity contribution >= 4 is 34.8 Å². The monoisotopic (exact) mass is 376 g/mol. The molecule has 2 atom stereocenters. The largest absolute Gasteiger partial charge is 0.348 e. The van der Waals surface area contributed by atoms with Gasteiger partial charge in [-0.25, -0.2) is 0 Å². The first-order valence-corrected chi connectivity index (χ1v) is 9.69. The SMILES string of the molecule is C[C@H](NC(=O)[C@H]1CCCN(C(=O)c2ccc(Cl)cc2)C1)c1cccs1. The fourth-order valence-corrected chi connectivity index (χ4v) is 3.95. The lowest BCUT2D eigenvalue weighted by Crippen LogP contribution is -2.45. The molecule has 6 heteroatoms. The van der Waals surface area contributed by atoms with Crippen molar-refractivity contribution in [2.75, 3.05) is 13.1 Å². The van der Waals surface area contributed by atoms with Crippen molar-refractivity contribution in [1.82, 2.24) is 10.2 Å². The van der Waals surface area contributed by atoms with Crippen LogP contribution in [0.5, 0.6) is 0 Å². The van der Waals surface area contributed by atoms with E-state index in [1.54, 1.807) is 40.5 Å². The molecule has 0 unspecified atom stereocenters. The minimum Gasteiger partial charge on any atom is -0.348 e. The first-order chi connectivity index (χ1) is 12.0. The molecule has 0 saturated carbocycles. The van der Waals surface area contributed by atoms with Crippen LogP contribution in [0, 0.1) is 5.92 Å². The van der Waals surface area contributed by atoms with Gasteiger partial charge in [0.05, 0.1) is 12.0 Å². The van der Waals surface area contributed by atoms with Crippen LogP contribution >= 0.6 is 22.9 Å². The van der Waals surface area contributed by atoms with Crippen LogP contribution in [0.25, 0.3) is 0 Å². The van der Waals surface area contributed by atoms with Crippen molar-refractivity contribution in [2.45, 2.75) is 25.8 Å². The third kappa shape index (κ3) is 4.41. The topological polar surface area (TPSA) is 49.4 Å². The number of piperidine rings is 1. The molecule has 25 heavy (non-hydrogen) atoms. The number of hydrogen-bond acceptors (Lipinski definition) is 3. The third-order valence-corrected chi connectivity index (χ3v) is 5.81. The van der Waals surface area contributed by atoms with E-state index in [2.05, 4.69) is 5.32 Å². The Balaban J connectivity index is 1.61. The van der Waals surface area contributed by atoms with Gasteiger partial charge in [0.25, 0.3) is 5.91 Å². The number of nitrogens with zero attached hydrogens (tertiary/aromatic N) is 1. The van der Waals surface area contributed by atoms with Gasteiger partial charge < -0.3 is 10.2 Å². The Bertz CT molecular complexity index is 730. The van der Waals surface area contributed by atoms with Gasteiger partial charge in [0.2, 0.25) is 5.91 Å². The fourth-order valence-electron chi connectivity index (χ4n) is 3.09. The first kappa shape index (κ1) is 18.0. The number of halogens is 1. The molecular weight excluding hydrogens is 356 g/mol. The molecule has 3 rings (SSSR count). The van der Waals surface area contributed by atoms with E-state index in [0.29, 0.717) is 23.7 Å². The van der Waals surface area contributed by atoms with E-state index < -0.39 is 0 Å². The molecule has 1 fully saturated rings. The molecule has 132 valence electrons. The van der Waals surface area contributed by atoms with Crippen molar-refractivity contribution in [3.63, 3.8) is 0 Å². The Hall–Kier alpha value is -1.85. The molecule has 1 aromatic carbocycles. The quantitative estimate of drug-likeness (QED) is 0.872. The minimum atomic E-state index is -0.160. The summed E-state index contributed by atoms with van der Waals surface area (Å²) in [4.78, 5) is 28.1. The highest BCUT2D eigenvalue weighted by Crippen LogP contribution is 2.22. The average molecular weight is 377 g/mol. The van der Waals surface area contributed by atoms with Crippen molar-refractivity contribution in [2.24, 2.45) is 5.92 Å². The molecule has 2 heterocycles. The lowest BCUT2D eigenvalue weighted by molar-refractivity contribution is -0.127. The summed E-state index contributed by atoms with van der Waals surface area (Å²) in [5.74, 6) is -0.178. The standard InChI is InChI=1S/C19H21ClN2O2S/c1-13(17-5-3-11-25-17)21-18(23)15-4-2-10-22(12-15)19(24)14-6-8-16(20)9-7-14/h3,5-9,11,13,15H,2,4,10,12H2,1H3,(H,21,23)/t13-,15-/m0/s1. The number of amides is 2. The van der Waals surface area contributed by atoms with E-state index in [1.807, 2.05) is 24.4 Å². The number of thiophene rings is 1. The van der Waals surface area contributed by atoms with Crippen molar-refractivity contribution in [3.8, 4) is 0 Å². The molecule has 1 saturated heterocycles. The van der Waals surface area contributed by atoms with Gasteiger partial charge in [0, 0.05) is 28.6 Å². The van der Waals surface area contributed by atoms with Crippen molar-refractivity contribution < 1.29 is 9.59 Å². The van der Waals surface area contributed by atoms with Crippen molar-refractivity contribution in [3.05, 3.63) is 57.2 Å². The lowest BCUT2D eigenvalue weighted by atomic mass is 9.96. The number of carbonyl (C=O) groups is 2. The molecule has 1 aliphatic heterocycles. The lowest BCUT2D eigenvalue weighted by Gasteiger charge is -2.32.